The number of amides is 1. The maximum Gasteiger partial charge on any atom is 0.227 e. The SMILES string of the molecule is CN(C)C(=O)[C@H]1CN(CC2(O)CCC(c3ccccc3)CC2)CCN(S(C)(=O)=O)C1. The average Bonchev–Trinajstić information content (AvgIpc) is 2.91. The summed E-state index contributed by atoms with van der Waals surface area (Å²) in [5.74, 6) is -0.0313. The third kappa shape index (κ3) is 5.81. The van der Waals surface area contributed by atoms with E-state index in [4.69, 9.17) is 0 Å². The molecule has 8 heteroatoms. The molecule has 2 aliphatic rings. The van der Waals surface area contributed by atoms with Crippen LogP contribution in [0.1, 0.15) is 37.2 Å². The molecule has 0 radical (unpaired) electrons. The number of sulfonamides is 1. The van der Waals surface area contributed by atoms with Gasteiger partial charge in [0.2, 0.25) is 15.9 Å². The fraction of sp³-hybridized carbons (Fsp3) is 0.682. The summed E-state index contributed by atoms with van der Waals surface area (Å²) >= 11 is 0. The van der Waals surface area contributed by atoms with Crippen LogP contribution in [0, 0.1) is 5.92 Å². The zero-order valence-electron chi connectivity index (χ0n) is 18.3. The van der Waals surface area contributed by atoms with Crippen LogP contribution in [-0.4, -0.2) is 92.2 Å². The van der Waals surface area contributed by atoms with Crippen LogP contribution in [0.5, 0.6) is 0 Å². The molecule has 3 rings (SSSR count). The Morgan fingerprint density at radius 3 is 2.33 bits per heavy atom. The third-order valence-corrected chi connectivity index (χ3v) is 7.80. The standard InChI is InChI=1S/C22H35N3O4S/c1-23(2)21(26)20-15-24(13-14-25(16-20)30(3,28)29)17-22(27)11-9-19(10-12-22)18-7-5-4-6-8-18/h4-8,19-20,27H,9-17H2,1-3H3/t19?,20-,22?/m0/s1. The molecule has 1 heterocycles. The number of carbonyl (C=O) groups excluding carboxylic acids is 1. The second-order valence-corrected chi connectivity index (χ2v) is 11.2. The second kappa shape index (κ2) is 9.34. The van der Waals surface area contributed by atoms with Gasteiger partial charge in [-0.1, -0.05) is 30.3 Å². The van der Waals surface area contributed by atoms with E-state index in [1.165, 1.54) is 21.0 Å². The van der Waals surface area contributed by atoms with Crippen molar-refractivity contribution in [1.82, 2.24) is 14.1 Å². The molecular formula is C22H35N3O4S. The zero-order chi connectivity index (χ0) is 21.9. The Kier molecular flexibility index (Phi) is 7.22. The molecule has 1 aromatic carbocycles. The third-order valence-electron chi connectivity index (χ3n) is 6.53. The van der Waals surface area contributed by atoms with Crippen molar-refractivity contribution in [3.8, 4) is 0 Å². The highest BCUT2D eigenvalue weighted by molar-refractivity contribution is 7.88. The van der Waals surface area contributed by atoms with Crippen molar-refractivity contribution in [2.24, 2.45) is 5.92 Å². The number of rotatable bonds is 5. The van der Waals surface area contributed by atoms with E-state index in [2.05, 4.69) is 29.2 Å². The molecule has 7 nitrogen and oxygen atoms in total. The highest BCUT2D eigenvalue weighted by atomic mass is 32.2. The summed E-state index contributed by atoms with van der Waals surface area (Å²) in [4.78, 5) is 16.3. The molecule has 1 saturated carbocycles. The lowest BCUT2D eigenvalue weighted by Crippen LogP contribution is -2.48. The van der Waals surface area contributed by atoms with Crippen LogP contribution in [0.3, 0.4) is 0 Å². The lowest BCUT2D eigenvalue weighted by atomic mass is 9.76. The molecule has 0 aromatic heterocycles. The Morgan fingerprint density at radius 1 is 1.13 bits per heavy atom. The summed E-state index contributed by atoms with van der Waals surface area (Å²) < 4.78 is 25.7. The van der Waals surface area contributed by atoms with Crippen molar-refractivity contribution in [3.05, 3.63) is 35.9 Å². The molecule has 1 aliphatic heterocycles. The fourth-order valence-electron chi connectivity index (χ4n) is 4.80. The van der Waals surface area contributed by atoms with Gasteiger partial charge in [0.25, 0.3) is 0 Å². The van der Waals surface area contributed by atoms with Crippen LogP contribution < -0.4 is 0 Å². The number of nitrogens with zero attached hydrogens (tertiary/aromatic N) is 3. The van der Waals surface area contributed by atoms with E-state index in [1.54, 1.807) is 14.1 Å². The summed E-state index contributed by atoms with van der Waals surface area (Å²) in [7, 11) is 0.0128. The molecule has 1 N–H and O–H groups in total. The number of β-amino-alcohol motifs (C(OH)–C–C–N with tert-alkyl or cyclic N) is 1. The summed E-state index contributed by atoms with van der Waals surface area (Å²) in [5, 5.41) is 11.3. The van der Waals surface area contributed by atoms with Crippen molar-refractivity contribution in [2.45, 2.75) is 37.2 Å². The van der Waals surface area contributed by atoms with Gasteiger partial charge in [-0.2, -0.15) is 0 Å². The molecule has 0 unspecified atom stereocenters. The molecule has 1 saturated heterocycles. The van der Waals surface area contributed by atoms with Gasteiger partial charge >= 0.3 is 0 Å². The van der Waals surface area contributed by atoms with Gasteiger partial charge in [-0.15, -0.1) is 0 Å². The number of hydrogen-bond donors (Lipinski definition) is 1. The van der Waals surface area contributed by atoms with E-state index in [9.17, 15) is 18.3 Å². The maximum atomic E-state index is 12.7. The first-order chi connectivity index (χ1) is 14.1. The van der Waals surface area contributed by atoms with Crippen molar-refractivity contribution in [2.75, 3.05) is 53.1 Å². The predicted molar refractivity (Wildman–Crippen MR) is 118 cm³/mol. The molecule has 1 aliphatic carbocycles. The Morgan fingerprint density at radius 2 is 1.77 bits per heavy atom. The van der Waals surface area contributed by atoms with E-state index >= 15 is 0 Å². The lowest BCUT2D eigenvalue weighted by Gasteiger charge is -2.40. The smallest absolute Gasteiger partial charge is 0.227 e. The minimum Gasteiger partial charge on any atom is -0.389 e. The first-order valence-corrected chi connectivity index (χ1v) is 12.6. The zero-order valence-corrected chi connectivity index (χ0v) is 19.1. The minimum atomic E-state index is -3.38. The lowest BCUT2D eigenvalue weighted by molar-refractivity contribution is -0.133. The number of benzene rings is 1. The number of carbonyl (C=O) groups is 1. The quantitative estimate of drug-likeness (QED) is 0.752. The van der Waals surface area contributed by atoms with Gasteiger partial charge in [0.05, 0.1) is 17.8 Å². The molecule has 1 aromatic rings. The van der Waals surface area contributed by atoms with Crippen LogP contribution in [-0.2, 0) is 14.8 Å². The first kappa shape index (κ1) is 23.2. The van der Waals surface area contributed by atoms with E-state index < -0.39 is 21.5 Å². The molecule has 2 fully saturated rings. The van der Waals surface area contributed by atoms with Gasteiger partial charge < -0.3 is 10.0 Å². The average molecular weight is 438 g/mol. The second-order valence-electron chi connectivity index (χ2n) is 9.20. The number of aliphatic hydroxyl groups is 1. The van der Waals surface area contributed by atoms with Crippen LogP contribution in [0.15, 0.2) is 30.3 Å². The normalized spacial score (nSPS) is 29.3. The first-order valence-electron chi connectivity index (χ1n) is 10.7. The van der Waals surface area contributed by atoms with Gasteiger partial charge in [0.15, 0.2) is 0 Å². The fourth-order valence-corrected chi connectivity index (χ4v) is 5.67. The van der Waals surface area contributed by atoms with Crippen LogP contribution in [0.2, 0.25) is 0 Å². The van der Waals surface area contributed by atoms with E-state index in [0.717, 1.165) is 12.8 Å². The van der Waals surface area contributed by atoms with E-state index in [0.29, 0.717) is 44.9 Å². The molecule has 0 spiro atoms. The summed E-state index contributed by atoms with van der Waals surface area (Å²) in [6, 6.07) is 10.4. The van der Waals surface area contributed by atoms with Gasteiger partial charge in [0.1, 0.15) is 0 Å². The predicted octanol–water partition coefficient (Wildman–Crippen LogP) is 1.36. The molecule has 168 valence electrons. The Hall–Kier alpha value is -1.48. The molecule has 1 amide bonds. The molecular weight excluding hydrogens is 402 g/mol. The topological polar surface area (TPSA) is 81.2 Å². The highest BCUT2D eigenvalue weighted by Gasteiger charge is 2.38. The summed E-state index contributed by atoms with van der Waals surface area (Å²) in [5.41, 5.74) is 0.534. The Labute approximate surface area is 180 Å². The van der Waals surface area contributed by atoms with Gasteiger partial charge in [-0.25, -0.2) is 12.7 Å². The van der Waals surface area contributed by atoms with Crippen molar-refractivity contribution >= 4 is 15.9 Å². The summed E-state index contributed by atoms with van der Waals surface area (Å²) in [6.07, 6.45) is 4.49. The number of hydrogen-bond acceptors (Lipinski definition) is 5. The summed E-state index contributed by atoms with van der Waals surface area (Å²) in [6.45, 7) is 2.01. The van der Waals surface area contributed by atoms with Gasteiger partial charge in [-0.3, -0.25) is 9.69 Å². The van der Waals surface area contributed by atoms with Crippen molar-refractivity contribution in [1.29, 1.82) is 0 Å². The van der Waals surface area contributed by atoms with Crippen molar-refractivity contribution < 1.29 is 18.3 Å². The minimum absolute atomic E-state index is 0.0738. The van der Waals surface area contributed by atoms with Gasteiger partial charge in [0, 0.05) is 46.8 Å². The van der Waals surface area contributed by atoms with Crippen molar-refractivity contribution in [3.63, 3.8) is 0 Å². The van der Waals surface area contributed by atoms with Gasteiger partial charge in [-0.05, 0) is 37.2 Å². The largest absolute Gasteiger partial charge is 0.389 e. The Bertz CT molecular complexity index is 820. The molecule has 0 bridgehead atoms. The monoisotopic (exact) mass is 437 g/mol. The maximum absolute atomic E-state index is 12.7. The Balaban J connectivity index is 1.66. The van der Waals surface area contributed by atoms with E-state index in [-0.39, 0.29) is 12.5 Å². The molecule has 1 atom stereocenters. The van der Waals surface area contributed by atoms with Crippen LogP contribution >= 0.6 is 0 Å². The molecule has 30 heavy (non-hydrogen) atoms. The van der Waals surface area contributed by atoms with Crippen LogP contribution in [0.4, 0.5) is 0 Å². The van der Waals surface area contributed by atoms with E-state index in [1.807, 2.05) is 6.07 Å². The highest BCUT2D eigenvalue weighted by Crippen LogP contribution is 2.38. The van der Waals surface area contributed by atoms with Crippen LogP contribution in [0.25, 0.3) is 0 Å².